The number of fused-ring (bicyclic) bond motifs is 2. The number of nitrogens with zero attached hydrogens (tertiary/aromatic N) is 7. The van der Waals surface area contributed by atoms with E-state index in [4.69, 9.17) is 9.72 Å². The second kappa shape index (κ2) is 8.90. The van der Waals surface area contributed by atoms with E-state index < -0.39 is 0 Å². The Morgan fingerprint density at radius 1 is 1.08 bits per heavy atom. The van der Waals surface area contributed by atoms with Gasteiger partial charge in [0.15, 0.2) is 0 Å². The van der Waals surface area contributed by atoms with Gasteiger partial charge in [-0.05, 0) is 51.4 Å². The van der Waals surface area contributed by atoms with Crippen molar-refractivity contribution in [3.05, 3.63) is 67.1 Å². The number of imidazole rings is 1. The van der Waals surface area contributed by atoms with Gasteiger partial charge >= 0.3 is 0 Å². The molecule has 0 unspecified atom stereocenters. The first kappa shape index (κ1) is 21.9. The lowest BCUT2D eigenvalue weighted by Gasteiger charge is -2.11. The maximum atomic E-state index is 5.86. The van der Waals surface area contributed by atoms with E-state index in [1.165, 1.54) is 0 Å². The number of aryl methyl sites for hydroxylation is 1. The molecule has 0 radical (unpaired) electrons. The highest BCUT2D eigenvalue weighted by molar-refractivity contribution is 5.95. The zero-order chi connectivity index (χ0) is 24.6. The summed E-state index contributed by atoms with van der Waals surface area (Å²) in [5.41, 5.74) is 7.55. The summed E-state index contributed by atoms with van der Waals surface area (Å²) in [6, 6.07) is 9.92. The van der Waals surface area contributed by atoms with Crippen LogP contribution in [0, 0.1) is 6.92 Å². The van der Waals surface area contributed by atoms with E-state index in [9.17, 15) is 0 Å². The first-order valence-electron chi connectivity index (χ1n) is 11.6. The number of nitrogens with one attached hydrogen (secondary N) is 2. The average molecular weight is 480 g/mol. The smallest absolute Gasteiger partial charge is 0.139 e. The van der Waals surface area contributed by atoms with Crippen LogP contribution in [0.15, 0.2) is 61.4 Å². The van der Waals surface area contributed by atoms with Crippen LogP contribution in [0.25, 0.3) is 50.4 Å². The van der Waals surface area contributed by atoms with Crippen LogP contribution in [0.1, 0.15) is 5.69 Å². The summed E-state index contributed by atoms with van der Waals surface area (Å²) in [4.78, 5) is 23.6. The topological polar surface area (TPSA) is 113 Å². The highest BCUT2D eigenvalue weighted by Gasteiger charge is 2.16. The van der Waals surface area contributed by atoms with E-state index in [1.54, 1.807) is 24.9 Å². The van der Waals surface area contributed by atoms with Gasteiger partial charge in [0.05, 0.1) is 40.8 Å². The largest absolute Gasteiger partial charge is 0.491 e. The van der Waals surface area contributed by atoms with Crippen molar-refractivity contribution in [3.8, 4) is 34.1 Å². The van der Waals surface area contributed by atoms with Crippen LogP contribution in [0.2, 0.25) is 0 Å². The number of hydrogen-bond donors (Lipinski definition) is 2. The highest BCUT2D eigenvalue weighted by Crippen LogP contribution is 2.31. The summed E-state index contributed by atoms with van der Waals surface area (Å²) in [5, 5.41) is 8.64. The van der Waals surface area contributed by atoms with E-state index >= 15 is 0 Å². The van der Waals surface area contributed by atoms with Gasteiger partial charge in [-0.25, -0.2) is 15.0 Å². The molecule has 0 amide bonds. The highest BCUT2D eigenvalue weighted by atomic mass is 16.5. The third-order valence-corrected chi connectivity index (χ3v) is 5.98. The van der Waals surface area contributed by atoms with E-state index in [0.717, 1.165) is 62.6 Å². The van der Waals surface area contributed by atoms with E-state index in [-0.39, 0.29) is 0 Å². The van der Waals surface area contributed by atoms with E-state index in [0.29, 0.717) is 12.4 Å². The van der Waals surface area contributed by atoms with Crippen molar-refractivity contribution in [2.75, 3.05) is 27.2 Å². The minimum absolute atomic E-state index is 0.589. The van der Waals surface area contributed by atoms with Gasteiger partial charge in [-0.2, -0.15) is 5.10 Å². The van der Waals surface area contributed by atoms with Crippen molar-refractivity contribution in [2.24, 2.45) is 0 Å². The van der Waals surface area contributed by atoms with Gasteiger partial charge in [-0.1, -0.05) is 0 Å². The summed E-state index contributed by atoms with van der Waals surface area (Å²) in [7, 11) is 4.03. The van der Waals surface area contributed by atoms with Gasteiger partial charge in [0.1, 0.15) is 29.2 Å². The average Bonchev–Trinajstić information content (AvgIpc) is 3.61. The molecule has 10 heteroatoms. The Labute approximate surface area is 207 Å². The molecule has 0 spiro atoms. The van der Waals surface area contributed by atoms with Crippen LogP contribution in [0.3, 0.4) is 0 Å². The zero-order valence-corrected chi connectivity index (χ0v) is 20.2. The van der Waals surface area contributed by atoms with Gasteiger partial charge < -0.3 is 19.2 Å². The first-order chi connectivity index (χ1) is 17.5. The Kier molecular flexibility index (Phi) is 5.42. The van der Waals surface area contributed by atoms with Gasteiger partial charge in [0.2, 0.25) is 0 Å². The Hall–Kier alpha value is -4.57. The number of rotatable bonds is 7. The third-order valence-electron chi connectivity index (χ3n) is 5.98. The number of ether oxygens (including phenoxy) is 1. The number of hydrogen-bond acceptors (Lipinski definition) is 7. The van der Waals surface area contributed by atoms with Crippen molar-refractivity contribution in [2.45, 2.75) is 6.92 Å². The number of H-pyrrole nitrogens is 2. The van der Waals surface area contributed by atoms with Crippen LogP contribution in [-0.4, -0.2) is 71.8 Å². The van der Waals surface area contributed by atoms with Crippen LogP contribution < -0.4 is 4.74 Å². The quantitative estimate of drug-likeness (QED) is 0.356. The summed E-state index contributed by atoms with van der Waals surface area (Å²) < 4.78 is 7.86. The molecule has 0 aliphatic heterocycles. The molecular weight excluding hydrogens is 454 g/mol. The minimum Gasteiger partial charge on any atom is -0.491 e. The lowest BCUT2D eigenvalue weighted by Crippen LogP contribution is -2.19. The predicted molar refractivity (Wildman–Crippen MR) is 138 cm³/mol. The summed E-state index contributed by atoms with van der Waals surface area (Å²) in [6.07, 6.45) is 9.09. The molecule has 2 N–H and O–H groups in total. The zero-order valence-electron chi connectivity index (χ0n) is 20.2. The Balaban J connectivity index is 1.37. The summed E-state index contributed by atoms with van der Waals surface area (Å²) in [6.45, 7) is 3.39. The normalized spacial score (nSPS) is 11.7. The van der Waals surface area contributed by atoms with Crippen molar-refractivity contribution >= 4 is 22.1 Å². The number of aromatic nitrogens is 8. The summed E-state index contributed by atoms with van der Waals surface area (Å²) in [5.74, 6) is 0.715. The Morgan fingerprint density at radius 2 is 2.00 bits per heavy atom. The molecule has 0 bridgehead atoms. The molecular formula is C26H25N9O. The molecule has 6 aromatic heterocycles. The van der Waals surface area contributed by atoms with Crippen LogP contribution in [0.5, 0.6) is 5.75 Å². The molecule has 36 heavy (non-hydrogen) atoms. The van der Waals surface area contributed by atoms with Crippen LogP contribution in [0.4, 0.5) is 0 Å². The standard InChI is InChI=1S/C26H25N9O/c1-16-14-35(15-29-16)23-6-7-28-26-19(23)11-22(31-26)25-24-21(32-33-25)5-4-20(30-24)17-10-18(13-27-12-17)36-9-8-34(2)3/h4-7,10-15H,8-9H2,1-3H3,(H,28,31)(H,32,33). The Bertz CT molecular complexity index is 1680. The molecule has 180 valence electrons. The molecule has 6 heterocycles. The van der Waals surface area contributed by atoms with Crippen molar-refractivity contribution < 1.29 is 4.74 Å². The third kappa shape index (κ3) is 4.07. The van der Waals surface area contributed by atoms with E-state index in [1.807, 2.05) is 56.0 Å². The van der Waals surface area contributed by atoms with Gasteiger partial charge in [-0.15, -0.1) is 0 Å². The molecule has 0 atom stereocenters. The van der Waals surface area contributed by atoms with Crippen LogP contribution >= 0.6 is 0 Å². The lowest BCUT2D eigenvalue weighted by molar-refractivity contribution is 0.261. The van der Waals surface area contributed by atoms with Gasteiger partial charge in [0, 0.05) is 36.1 Å². The van der Waals surface area contributed by atoms with Gasteiger partial charge in [-0.3, -0.25) is 10.1 Å². The number of likely N-dealkylation sites (N-methyl/N-ethyl adjacent to an activating group) is 1. The monoisotopic (exact) mass is 479 g/mol. The van der Waals surface area contributed by atoms with Crippen molar-refractivity contribution in [3.63, 3.8) is 0 Å². The first-order valence-corrected chi connectivity index (χ1v) is 11.6. The van der Waals surface area contributed by atoms with Crippen molar-refractivity contribution in [1.82, 2.24) is 44.6 Å². The SMILES string of the molecule is Cc1cn(-c2ccnc3[nH]c(-c4n[nH]c5ccc(-c6cncc(OCCN(C)C)c6)nc45)cc23)cn1. The summed E-state index contributed by atoms with van der Waals surface area (Å²) >= 11 is 0. The minimum atomic E-state index is 0.589. The fourth-order valence-corrected chi connectivity index (χ4v) is 4.15. The second-order valence-electron chi connectivity index (χ2n) is 8.92. The van der Waals surface area contributed by atoms with Gasteiger partial charge in [0.25, 0.3) is 0 Å². The molecule has 0 saturated heterocycles. The predicted octanol–water partition coefficient (Wildman–Crippen LogP) is 4.00. The fourth-order valence-electron chi connectivity index (χ4n) is 4.15. The fraction of sp³-hybridized carbons (Fsp3) is 0.192. The maximum Gasteiger partial charge on any atom is 0.139 e. The number of aromatic amines is 2. The molecule has 6 rings (SSSR count). The molecule has 0 aliphatic carbocycles. The molecule has 0 saturated carbocycles. The van der Waals surface area contributed by atoms with Crippen LogP contribution in [-0.2, 0) is 0 Å². The molecule has 0 aliphatic rings. The Morgan fingerprint density at radius 3 is 2.83 bits per heavy atom. The molecule has 6 aromatic rings. The molecule has 0 aromatic carbocycles. The van der Waals surface area contributed by atoms with Crippen molar-refractivity contribution in [1.29, 1.82) is 0 Å². The second-order valence-corrected chi connectivity index (χ2v) is 8.92. The number of pyridine rings is 3. The lowest BCUT2D eigenvalue weighted by atomic mass is 10.1. The van der Waals surface area contributed by atoms with E-state index in [2.05, 4.69) is 41.1 Å². The molecule has 0 fully saturated rings. The maximum absolute atomic E-state index is 5.86. The molecule has 10 nitrogen and oxygen atoms in total.